The molecule has 0 aliphatic rings. The Morgan fingerprint density at radius 3 is 2.69 bits per heavy atom. The summed E-state index contributed by atoms with van der Waals surface area (Å²) in [5.41, 5.74) is 0. The molecule has 0 fully saturated rings. The van der Waals surface area contributed by atoms with Gasteiger partial charge in [-0.25, -0.2) is 0 Å². The Bertz CT molecular complexity index is 347. The lowest BCUT2D eigenvalue weighted by atomic mass is 10.1. The van der Waals surface area contributed by atoms with E-state index in [1.807, 2.05) is 6.92 Å². The molecule has 0 saturated heterocycles. The van der Waals surface area contributed by atoms with E-state index < -0.39 is 0 Å². The summed E-state index contributed by atoms with van der Waals surface area (Å²) in [5.74, 6) is 1.60. The number of halogens is 1. The average molecular weight is 288 g/mol. The highest BCUT2D eigenvalue weighted by Crippen LogP contribution is 2.12. The molecule has 1 rings (SSSR count). The molecule has 1 aromatic heterocycles. The minimum Gasteiger partial charge on any atom is -0.456 e. The minimum atomic E-state index is -0.152. The van der Waals surface area contributed by atoms with Crippen LogP contribution in [0.15, 0.2) is 16.5 Å². The van der Waals surface area contributed by atoms with Gasteiger partial charge in [-0.05, 0) is 31.4 Å². The SMILES string of the molecule is Cc1ccc(C(=O)NCC(Br)CC(C)C)o1. The van der Waals surface area contributed by atoms with Crippen molar-refractivity contribution in [2.24, 2.45) is 5.92 Å². The van der Waals surface area contributed by atoms with Gasteiger partial charge in [-0.1, -0.05) is 29.8 Å². The summed E-state index contributed by atoms with van der Waals surface area (Å²) in [5, 5.41) is 2.84. The standard InChI is InChI=1S/C12H18BrNO2/c1-8(2)6-10(13)7-14-12(15)11-5-4-9(3)16-11/h4-5,8,10H,6-7H2,1-3H3,(H,14,15). The van der Waals surface area contributed by atoms with Gasteiger partial charge in [0.2, 0.25) is 0 Å². The number of aryl methyl sites for hydroxylation is 1. The Labute approximate surface area is 105 Å². The van der Waals surface area contributed by atoms with Crippen LogP contribution in [0.5, 0.6) is 0 Å². The fourth-order valence-corrected chi connectivity index (χ4v) is 2.35. The molecule has 1 N–H and O–H groups in total. The third-order valence-corrected chi connectivity index (χ3v) is 2.87. The highest BCUT2D eigenvalue weighted by atomic mass is 79.9. The lowest BCUT2D eigenvalue weighted by molar-refractivity contribution is 0.0924. The van der Waals surface area contributed by atoms with E-state index in [1.54, 1.807) is 12.1 Å². The number of rotatable bonds is 5. The van der Waals surface area contributed by atoms with Crippen LogP contribution in [0, 0.1) is 12.8 Å². The van der Waals surface area contributed by atoms with Crippen LogP contribution in [-0.4, -0.2) is 17.3 Å². The van der Waals surface area contributed by atoms with Crippen LogP contribution in [-0.2, 0) is 0 Å². The largest absolute Gasteiger partial charge is 0.456 e. The first-order valence-corrected chi connectivity index (χ1v) is 6.39. The van der Waals surface area contributed by atoms with E-state index in [0.717, 1.165) is 12.2 Å². The lowest BCUT2D eigenvalue weighted by Gasteiger charge is -2.12. The monoisotopic (exact) mass is 287 g/mol. The summed E-state index contributed by atoms with van der Waals surface area (Å²) in [6.07, 6.45) is 1.04. The van der Waals surface area contributed by atoms with E-state index in [1.165, 1.54) is 0 Å². The summed E-state index contributed by atoms with van der Waals surface area (Å²) in [6, 6.07) is 3.48. The van der Waals surface area contributed by atoms with Crippen molar-refractivity contribution in [3.8, 4) is 0 Å². The van der Waals surface area contributed by atoms with Gasteiger partial charge >= 0.3 is 0 Å². The molecule has 1 unspecified atom stereocenters. The van der Waals surface area contributed by atoms with Gasteiger partial charge in [0.15, 0.2) is 5.76 Å². The molecule has 4 heteroatoms. The first-order chi connectivity index (χ1) is 7.49. The van der Waals surface area contributed by atoms with E-state index in [0.29, 0.717) is 23.1 Å². The molecular formula is C12H18BrNO2. The Balaban J connectivity index is 2.35. The molecule has 0 spiro atoms. The van der Waals surface area contributed by atoms with Crippen molar-refractivity contribution in [2.75, 3.05) is 6.54 Å². The summed E-state index contributed by atoms with van der Waals surface area (Å²) < 4.78 is 5.23. The molecule has 0 aliphatic carbocycles. The van der Waals surface area contributed by atoms with Crippen molar-refractivity contribution in [1.29, 1.82) is 0 Å². The van der Waals surface area contributed by atoms with Gasteiger partial charge in [0.05, 0.1) is 0 Å². The molecule has 3 nitrogen and oxygen atoms in total. The van der Waals surface area contributed by atoms with Crippen LogP contribution in [0.1, 0.15) is 36.6 Å². The summed E-state index contributed by atoms with van der Waals surface area (Å²) in [4.78, 5) is 11.9. The van der Waals surface area contributed by atoms with Crippen molar-refractivity contribution in [2.45, 2.75) is 32.0 Å². The Kier molecular flexibility index (Phi) is 5.06. The molecular weight excluding hydrogens is 270 g/mol. The highest BCUT2D eigenvalue weighted by Gasteiger charge is 2.12. The van der Waals surface area contributed by atoms with Crippen molar-refractivity contribution in [3.63, 3.8) is 0 Å². The minimum absolute atomic E-state index is 0.152. The molecule has 0 radical (unpaired) electrons. The van der Waals surface area contributed by atoms with Gasteiger partial charge in [-0.2, -0.15) is 0 Å². The van der Waals surface area contributed by atoms with E-state index in [4.69, 9.17) is 4.42 Å². The Morgan fingerprint density at radius 2 is 2.19 bits per heavy atom. The number of alkyl halides is 1. The molecule has 16 heavy (non-hydrogen) atoms. The number of hydrogen-bond donors (Lipinski definition) is 1. The van der Waals surface area contributed by atoms with Crippen molar-refractivity contribution < 1.29 is 9.21 Å². The zero-order valence-corrected chi connectivity index (χ0v) is 11.5. The van der Waals surface area contributed by atoms with Gasteiger partial charge in [-0.3, -0.25) is 4.79 Å². The van der Waals surface area contributed by atoms with E-state index in [2.05, 4.69) is 35.1 Å². The van der Waals surface area contributed by atoms with Gasteiger partial charge in [-0.15, -0.1) is 0 Å². The fraction of sp³-hybridized carbons (Fsp3) is 0.583. The van der Waals surface area contributed by atoms with Gasteiger partial charge in [0, 0.05) is 11.4 Å². The molecule has 1 atom stereocenters. The topological polar surface area (TPSA) is 42.2 Å². The van der Waals surface area contributed by atoms with Crippen LogP contribution >= 0.6 is 15.9 Å². The third kappa shape index (κ3) is 4.39. The number of nitrogens with one attached hydrogen (secondary N) is 1. The first-order valence-electron chi connectivity index (χ1n) is 5.47. The molecule has 1 heterocycles. The molecule has 1 amide bonds. The quantitative estimate of drug-likeness (QED) is 0.846. The zero-order chi connectivity index (χ0) is 12.1. The highest BCUT2D eigenvalue weighted by molar-refractivity contribution is 9.09. The van der Waals surface area contributed by atoms with E-state index in [-0.39, 0.29) is 5.91 Å². The fourth-order valence-electron chi connectivity index (χ4n) is 1.44. The number of amides is 1. The number of furan rings is 1. The number of carbonyl (C=O) groups is 1. The predicted octanol–water partition coefficient (Wildman–Crippen LogP) is 3.13. The van der Waals surface area contributed by atoms with Crippen LogP contribution in [0.25, 0.3) is 0 Å². The second-order valence-electron chi connectivity index (χ2n) is 4.35. The normalized spacial score (nSPS) is 12.8. The first kappa shape index (κ1) is 13.3. The van der Waals surface area contributed by atoms with Crippen molar-refractivity contribution in [1.82, 2.24) is 5.32 Å². The van der Waals surface area contributed by atoms with E-state index in [9.17, 15) is 4.79 Å². The van der Waals surface area contributed by atoms with Gasteiger partial charge < -0.3 is 9.73 Å². The molecule has 1 aromatic rings. The summed E-state index contributed by atoms with van der Waals surface area (Å²) in [7, 11) is 0. The number of carbonyl (C=O) groups excluding carboxylic acids is 1. The van der Waals surface area contributed by atoms with E-state index >= 15 is 0 Å². The molecule has 0 saturated carbocycles. The molecule has 0 aromatic carbocycles. The smallest absolute Gasteiger partial charge is 0.287 e. The van der Waals surface area contributed by atoms with Crippen LogP contribution in [0.2, 0.25) is 0 Å². The lowest BCUT2D eigenvalue weighted by Crippen LogP contribution is -2.29. The second kappa shape index (κ2) is 6.09. The predicted molar refractivity (Wildman–Crippen MR) is 67.9 cm³/mol. The zero-order valence-electron chi connectivity index (χ0n) is 9.92. The van der Waals surface area contributed by atoms with Crippen molar-refractivity contribution >= 4 is 21.8 Å². The Morgan fingerprint density at radius 1 is 1.50 bits per heavy atom. The molecule has 0 aliphatic heterocycles. The van der Waals surface area contributed by atoms with Gasteiger partial charge in [0.1, 0.15) is 5.76 Å². The van der Waals surface area contributed by atoms with Crippen molar-refractivity contribution in [3.05, 3.63) is 23.7 Å². The third-order valence-electron chi connectivity index (χ3n) is 2.18. The maximum absolute atomic E-state index is 11.6. The molecule has 90 valence electrons. The Hall–Kier alpha value is -0.770. The second-order valence-corrected chi connectivity index (χ2v) is 5.64. The number of hydrogen-bond acceptors (Lipinski definition) is 2. The maximum Gasteiger partial charge on any atom is 0.287 e. The van der Waals surface area contributed by atoms with Crippen LogP contribution in [0.3, 0.4) is 0 Å². The summed E-state index contributed by atoms with van der Waals surface area (Å²) >= 11 is 3.54. The summed E-state index contributed by atoms with van der Waals surface area (Å²) in [6.45, 7) is 6.76. The average Bonchev–Trinajstić information content (AvgIpc) is 2.60. The van der Waals surface area contributed by atoms with Crippen LogP contribution < -0.4 is 5.32 Å². The maximum atomic E-state index is 11.6. The van der Waals surface area contributed by atoms with Gasteiger partial charge in [0.25, 0.3) is 5.91 Å². The molecule has 0 bridgehead atoms. The van der Waals surface area contributed by atoms with Crippen LogP contribution in [0.4, 0.5) is 0 Å².